The Morgan fingerprint density at radius 2 is 1.83 bits per heavy atom. The van der Waals surface area contributed by atoms with E-state index in [1.807, 2.05) is 32.0 Å². The lowest BCUT2D eigenvalue weighted by Crippen LogP contribution is -2.35. The molecule has 7 rings (SSSR count). The largest absolute Gasteiger partial charge is 0.507 e. The minimum atomic E-state index is -0.516. The fourth-order valence-corrected chi connectivity index (χ4v) is 7.86. The number of aliphatic hydroxyl groups excluding tert-OH is 1. The Labute approximate surface area is 276 Å². The molecule has 2 saturated heterocycles. The van der Waals surface area contributed by atoms with Crippen LogP contribution in [0.4, 0.5) is 5.95 Å². The molecular weight excluding hydrogens is 618 g/mol. The first-order valence-corrected chi connectivity index (χ1v) is 16.8. The SMILES string of the molecule is Cc1c(C2CCN(c3ncc(Oc4cc(C(C(=O)N5CCC(O)C5)C(C)C)on4)cn3)CC2)sc2nnc(-c3ccccc3O)cc12. The second-order valence-electron chi connectivity index (χ2n) is 12.7. The highest BCUT2D eigenvalue weighted by Gasteiger charge is 2.35. The van der Waals surface area contributed by atoms with E-state index in [9.17, 15) is 15.0 Å². The van der Waals surface area contributed by atoms with Crippen molar-refractivity contribution in [2.24, 2.45) is 5.92 Å². The van der Waals surface area contributed by atoms with Crippen LogP contribution in [0, 0.1) is 12.8 Å². The van der Waals surface area contributed by atoms with E-state index in [0.29, 0.717) is 54.1 Å². The van der Waals surface area contributed by atoms with E-state index in [1.165, 1.54) is 10.4 Å². The molecule has 0 saturated carbocycles. The lowest BCUT2D eigenvalue weighted by atomic mass is 9.92. The number of fused-ring (bicyclic) bond motifs is 1. The molecule has 1 aromatic carbocycles. The molecule has 0 bridgehead atoms. The monoisotopic (exact) mass is 655 g/mol. The van der Waals surface area contributed by atoms with E-state index < -0.39 is 12.0 Å². The third-order valence-electron chi connectivity index (χ3n) is 9.13. The normalized spacial score (nSPS) is 17.9. The minimum Gasteiger partial charge on any atom is -0.507 e. The maximum absolute atomic E-state index is 13.2. The molecule has 2 unspecified atom stereocenters. The van der Waals surface area contributed by atoms with Crippen molar-refractivity contribution in [2.45, 2.75) is 58.0 Å². The lowest BCUT2D eigenvalue weighted by Gasteiger charge is -2.31. The van der Waals surface area contributed by atoms with Crippen molar-refractivity contribution in [2.75, 3.05) is 31.1 Å². The number of piperidine rings is 1. The number of para-hydroxylation sites is 1. The highest BCUT2D eigenvalue weighted by molar-refractivity contribution is 7.18. The number of carbonyl (C=O) groups excluding carboxylic acids is 1. The van der Waals surface area contributed by atoms with E-state index in [-0.39, 0.29) is 23.5 Å². The average Bonchev–Trinajstić information content (AvgIpc) is 3.80. The first kappa shape index (κ1) is 31.0. The van der Waals surface area contributed by atoms with E-state index >= 15 is 0 Å². The van der Waals surface area contributed by atoms with Crippen LogP contribution < -0.4 is 9.64 Å². The summed E-state index contributed by atoms with van der Waals surface area (Å²) in [4.78, 5) is 28.4. The summed E-state index contributed by atoms with van der Waals surface area (Å²) in [5, 5.41) is 34.2. The topological polar surface area (TPSA) is 151 Å². The molecule has 2 atom stereocenters. The molecule has 6 heterocycles. The molecule has 0 aliphatic carbocycles. The van der Waals surface area contributed by atoms with Gasteiger partial charge in [0.15, 0.2) is 11.5 Å². The number of carbonyl (C=O) groups is 1. The van der Waals surface area contributed by atoms with Gasteiger partial charge in [0.2, 0.25) is 11.9 Å². The third-order valence-corrected chi connectivity index (χ3v) is 10.5. The van der Waals surface area contributed by atoms with E-state index in [0.717, 1.165) is 36.1 Å². The van der Waals surface area contributed by atoms with Crippen LogP contribution in [-0.4, -0.2) is 78.6 Å². The van der Waals surface area contributed by atoms with Crippen molar-refractivity contribution in [1.82, 2.24) is 30.2 Å². The molecule has 5 aromatic rings. The summed E-state index contributed by atoms with van der Waals surface area (Å²) in [5.74, 6) is 1.70. The molecule has 12 nitrogen and oxygen atoms in total. The van der Waals surface area contributed by atoms with Gasteiger partial charge in [-0.1, -0.05) is 26.0 Å². The number of nitrogens with zero attached hydrogens (tertiary/aromatic N) is 7. The van der Waals surface area contributed by atoms with Crippen LogP contribution >= 0.6 is 11.3 Å². The van der Waals surface area contributed by atoms with Gasteiger partial charge in [0, 0.05) is 48.1 Å². The number of hydrogen-bond acceptors (Lipinski definition) is 12. The Kier molecular flexibility index (Phi) is 8.50. The molecule has 2 fully saturated rings. The summed E-state index contributed by atoms with van der Waals surface area (Å²) in [7, 11) is 0. The number of hydrogen-bond donors (Lipinski definition) is 2. The van der Waals surface area contributed by atoms with Gasteiger partial charge < -0.3 is 29.3 Å². The van der Waals surface area contributed by atoms with Crippen LogP contribution in [-0.2, 0) is 4.79 Å². The fourth-order valence-electron chi connectivity index (χ4n) is 6.58. The molecule has 4 aromatic heterocycles. The Bertz CT molecular complexity index is 1880. The van der Waals surface area contributed by atoms with E-state index in [4.69, 9.17) is 9.26 Å². The number of ether oxygens (including phenoxy) is 1. The number of aryl methyl sites for hydroxylation is 1. The van der Waals surface area contributed by atoms with Crippen LogP contribution in [0.3, 0.4) is 0 Å². The Morgan fingerprint density at radius 1 is 1.06 bits per heavy atom. The summed E-state index contributed by atoms with van der Waals surface area (Å²) in [6.07, 6.45) is 5.26. The van der Waals surface area contributed by atoms with Crippen LogP contribution in [0.5, 0.6) is 17.4 Å². The van der Waals surface area contributed by atoms with Gasteiger partial charge in [0.05, 0.1) is 24.2 Å². The van der Waals surface area contributed by atoms with Crippen molar-refractivity contribution >= 4 is 33.4 Å². The second kappa shape index (κ2) is 12.9. The molecule has 0 spiro atoms. The predicted molar refractivity (Wildman–Crippen MR) is 177 cm³/mol. The van der Waals surface area contributed by atoms with Crippen molar-refractivity contribution in [3.05, 3.63) is 65.0 Å². The molecule has 47 heavy (non-hydrogen) atoms. The number of thiophene rings is 1. The number of aliphatic hydroxyl groups is 1. The number of phenols is 1. The van der Waals surface area contributed by atoms with Crippen molar-refractivity contribution in [3.8, 4) is 28.6 Å². The summed E-state index contributed by atoms with van der Waals surface area (Å²) in [6, 6.07) is 10.9. The Morgan fingerprint density at radius 3 is 2.53 bits per heavy atom. The number of aromatic hydroxyl groups is 1. The number of likely N-dealkylation sites (tertiary alicyclic amines) is 1. The van der Waals surface area contributed by atoms with Gasteiger partial charge in [0.1, 0.15) is 16.5 Å². The second-order valence-corrected chi connectivity index (χ2v) is 13.7. The van der Waals surface area contributed by atoms with Gasteiger partial charge in [-0.3, -0.25) is 4.79 Å². The van der Waals surface area contributed by atoms with Crippen LogP contribution in [0.2, 0.25) is 0 Å². The summed E-state index contributed by atoms with van der Waals surface area (Å²) in [5.41, 5.74) is 2.57. The number of rotatable bonds is 8. The highest BCUT2D eigenvalue weighted by atomic mass is 32.1. The average molecular weight is 656 g/mol. The van der Waals surface area contributed by atoms with E-state index in [1.54, 1.807) is 46.8 Å². The molecule has 1 amide bonds. The van der Waals surface area contributed by atoms with Gasteiger partial charge >= 0.3 is 0 Å². The molecule has 13 heteroatoms. The summed E-state index contributed by atoms with van der Waals surface area (Å²) < 4.78 is 11.4. The molecule has 2 aliphatic rings. The van der Waals surface area contributed by atoms with Gasteiger partial charge in [-0.15, -0.1) is 21.5 Å². The smallest absolute Gasteiger partial charge is 0.259 e. The van der Waals surface area contributed by atoms with Crippen LogP contribution in [0.15, 0.2) is 53.3 Å². The first-order chi connectivity index (χ1) is 22.7. The molecule has 2 N–H and O–H groups in total. The maximum atomic E-state index is 13.2. The Balaban J connectivity index is 0.977. The van der Waals surface area contributed by atoms with Crippen molar-refractivity contribution < 1.29 is 24.3 Å². The molecule has 0 radical (unpaired) electrons. The fraction of sp³-hybridized carbons (Fsp3) is 0.412. The van der Waals surface area contributed by atoms with Crippen LogP contribution in [0.25, 0.3) is 21.5 Å². The van der Waals surface area contributed by atoms with Gasteiger partial charge in [0.25, 0.3) is 5.88 Å². The number of β-amino-alcohol motifs (C(OH)–C–C–N with tert-alkyl or cyclic N) is 1. The van der Waals surface area contributed by atoms with Crippen molar-refractivity contribution in [1.29, 1.82) is 0 Å². The zero-order chi connectivity index (χ0) is 32.7. The number of anilines is 1. The van der Waals surface area contributed by atoms with Gasteiger partial charge in [-0.05, 0) is 66.9 Å². The predicted octanol–water partition coefficient (Wildman–Crippen LogP) is 5.66. The number of benzene rings is 1. The minimum absolute atomic E-state index is 0.0211. The molecule has 244 valence electrons. The van der Waals surface area contributed by atoms with E-state index in [2.05, 4.69) is 37.1 Å². The zero-order valence-corrected chi connectivity index (χ0v) is 27.4. The standard InChI is InChI=1S/C34H37N7O5S/c1-19(2)30(33(44)41-13-10-22(42)18-41)28-15-29(39-46-28)45-23-16-35-34(36-17-23)40-11-8-21(9-12-40)31-20(3)25-14-26(37-38-32(25)47-31)24-6-4-5-7-27(24)43/h4-7,14-17,19,21-22,30,42-43H,8-13,18H2,1-3H3. The quantitative estimate of drug-likeness (QED) is 0.213. The van der Waals surface area contributed by atoms with Gasteiger partial charge in [-0.2, -0.15) is 0 Å². The maximum Gasteiger partial charge on any atom is 0.259 e. The summed E-state index contributed by atoms with van der Waals surface area (Å²) >= 11 is 1.70. The molecular formula is C34H37N7O5S. The number of aromatic nitrogens is 5. The Hall–Kier alpha value is -4.62. The van der Waals surface area contributed by atoms with Crippen LogP contribution in [0.1, 0.15) is 61.1 Å². The van der Waals surface area contributed by atoms with Gasteiger partial charge in [-0.25, -0.2) is 9.97 Å². The highest BCUT2D eigenvalue weighted by Crippen LogP contribution is 2.41. The summed E-state index contributed by atoms with van der Waals surface area (Å²) in [6.45, 7) is 8.57. The first-order valence-electron chi connectivity index (χ1n) is 16.0. The number of phenolic OH excluding ortho intramolecular Hbond substituents is 1. The molecule has 2 aliphatic heterocycles. The lowest BCUT2D eigenvalue weighted by molar-refractivity contribution is -0.133. The third kappa shape index (κ3) is 6.24. The van der Waals surface area contributed by atoms with Crippen molar-refractivity contribution in [3.63, 3.8) is 0 Å². The zero-order valence-electron chi connectivity index (χ0n) is 26.5. The number of amides is 1.